The van der Waals surface area contributed by atoms with Crippen molar-refractivity contribution in [1.29, 1.82) is 0 Å². The molecule has 0 radical (unpaired) electrons. The minimum Gasteiger partial charge on any atom is -0.377 e. The van der Waals surface area contributed by atoms with Crippen LogP contribution >= 0.6 is 11.8 Å². The highest BCUT2D eigenvalue weighted by Gasteiger charge is 2.16. The maximum absolute atomic E-state index is 5.60. The summed E-state index contributed by atoms with van der Waals surface area (Å²) in [7, 11) is 0. The maximum atomic E-state index is 5.60. The van der Waals surface area contributed by atoms with Crippen molar-refractivity contribution in [2.45, 2.75) is 30.4 Å². The molecule has 0 aromatic carbocycles. The standard InChI is InChI=1S/C12H18N2OS/c13-6-5-10-3-1-7-14-12(10)16-9-11-4-2-8-15-11/h1,3,7,11H,2,4-6,8-9,13H2. The Labute approximate surface area is 101 Å². The highest BCUT2D eigenvalue weighted by atomic mass is 32.2. The van der Waals surface area contributed by atoms with Crippen molar-refractivity contribution in [3.63, 3.8) is 0 Å². The molecule has 2 heterocycles. The number of nitrogens with zero attached hydrogens (tertiary/aromatic N) is 1. The van der Waals surface area contributed by atoms with Gasteiger partial charge in [-0.3, -0.25) is 0 Å². The van der Waals surface area contributed by atoms with Gasteiger partial charge >= 0.3 is 0 Å². The van der Waals surface area contributed by atoms with E-state index in [2.05, 4.69) is 11.1 Å². The minimum atomic E-state index is 0.415. The molecular formula is C12H18N2OS. The summed E-state index contributed by atoms with van der Waals surface area (Å²) in [5.74, 6) is 1.01. The van der Waals surface area contributed by atoms with E-state index < -0.39 is 0 Å². The quantitative estimate of drug-likeness (QED) is 0.795. The van der Waals surface area contributed by atoms with Gasteiger partial charge in [-0.1, -0.05) is 6.07 Å². The van der Waals surface area contributed by atoms with Crippen molar-refractivity contribution in [3.8, 4) is 0 Å². The lowest BCUT2D eigenvalue weighted by Gasteiger charge is -2.10. The molecule has 2 N–H and O–H groups in total. The van der Waals surface area contributed by atoms with Crippen LogP contribution in [0, 0.1) is 0 Å². The number of hydrogen-bond donors (Lipinski definition) is 1. The smallest absolute Gasteiger partial charge is 0.0993 e. The maximum Gasteiger partial charge on any atom is 0.0993 e. The number of aromatic nitrogens is 1. The third-order valence-electron chi connectivity index (χ3n) is 2.69. The zero-order chi connectivity index (χ0) is 11.2. The first-order chi connectivity index (χ1) is 7.90. The van der Waals surface area contributed by atoms with Crippen LogP contribution in [0.25, 0.3) is 0 Å². The van der Waals surface area contributed by atoms with E-state index in [1.807, 2.05) is 12.3 Å². The number of thioether (sulfide) groups is 1. The molecule has 16 heavy (non-hydrogen) atoms. The zero-order valence-electron chi connectivity index (χ0n) is 9.39. The van der Waals surface area contributed by atoms with E-state index in [1.165, 1.54) is 18.4 Å². The van der Waals surface area contributed by atoms with Gasteiger partial charge in [-0.25, -0.2) is 4.98 Å². The molecule has 1 saturated heterocycles. The van der Waals surface area contributed by atoms with Gasteiger partial charge < -0.3 is 10.5 Å². The third-order valence-corrected chi connectivity index (χ3v) is 3.87. The normalized spacial score (nSPS) is 20.2. The van der Waals surface area contributed by atoms with E-state index in [1.54, 1.807) is 11.8 Å². The highest BCUT2D eigenvalue weighted by molar-refractivity contribution is 7.99. The van der Waals surface area contributed by atoms with Crippen LogP contribution in [0.2, 0.25) is 0 Å². The fraction of sp³-hybridized carbons (Fsp3) is 0.583. The van der Waals surface area contributed by atoms with Crippen LogP contribution in [0.1, 0.15) is 18.4 Å². The summed E-state index contributed by atoms with van der Waals surface area (Å²) in [4.78, 5) is 4.41. The predicted octanol–water partition coefficient (Wildman–Crippen LogP) is 1.85. The second kappa shape index (κ2) is 6.23. The van der Waals surface area contributed by atoms with Gasteiger partial charge in [0.25, 0.3) is 0 Å². The van der Waals surface area contributed by atoms with Crippen molar-refractivity contribution < 1.29 is 4.74 Å². The van der Waals surface area contributed by atoms with Crippen LogP contribution in [0.4, 0.5) is 0 Å². The number of rotatable bonds is 5. The van der Waals surface area contributed by atoms with Crippen LogP contribution in [0.3, 0.4) is 0 Å². The molecule has 88 valence electrons. The largest absolute Gasteiger partial charge is 0.377 e. The van der Waals surface area contributed by atoms with Crippen LogP contribution in [0.5, 0.6) is 0 Å². The van der Waals surface area contributed by atoms with Gasteiger partial charge in [0.05, 0.1) is 11.1 Å². The van der Waals surface area contributed by atoms with Crippen molar-refractivity contribution >= 4 is 11.8 Å². The van der Waals surface area contributed by atoms with Crippen LogP contribution in [-0.4, -0.2) is 30.0 Å². The Morgan fingerprint density at radius 1 is 1.56 bits per heavy atom. The molecule has 3 nitrogen and oxygen atoms in total. The molecule has 0 aliphatic carbocycles. The van der Waals surface area contributed by atoms with E-state index in [-0.39, 0.29) is 0 Å². The summed E-state index contributed by atoms with van der Waals surface area (Å²) in [6, 6.07) is 4.08. The van der Waals surface area contributed by atoms with Crippen molar-refractivity contribution in [1.82, 2.24) is 4.98 Å². The van der Waals surface area contributed by atoms with Gasteiger partial charge in [-0.15, -0.1) is 11.8 Å². The molecule has 1 aromatic heterocycles. The molecule has 1 fully saturated rings. The van der Waals surface area contributed by atoms with E-state index in [4.69, 9.17) is 10.5 Å². The fourth-order valence-electron chi connectivity index (χ4n) is 1.85. The SMILES string of the molecule is NCCc1cccnc1SCC1CCCO1. The lowest BCUT2D eigenvalue weighted by Crippen LogP contribution is -2.09. The Bertz CT molecular complexity index is 327. The van der Waals surface area contributed by atoms with Gasteiger partial charge in [0.15, 0.2) is 0 Å². The molecule has 1 aliphatic rings. The molecule has 0 amide bonds. The topological polar surface area (TPSA) is 48.1 Å². The molecule has 0 bridgehead atoms. The van der Waals surface area contributed by atoms with Crippen LogP contribution in [-0.2, 0) is 11.2 Å². The summed E-state index contributed by atoms with van der Waals surface area (Å²) >= 11 is 1.79. The lowest BCUT2D eigenvalue weighted by atomic mass is 10.2. The van der Waals surface area contributed by atoms with Crippen molar-refractivity contribution in [2.24, 2.45) is 5.73 Å². The molecular weight excluding hydrogens is 220 g/mol. The molecule has 1 aromatic rings. The zero-order valence-corrected chi connectivity index (χ0v) is 10.2. The average Bonchev–Trinajstić information content (AvgIpc) is 2.81. The first-order valence-electron chi connectivity index (χ1n) is 5.78. The molecule has 2 rings (SSSR count). The Hall–Kier alpha value is -0.580. The highest BCUT2D eigenvalue weighted by Crippen LogP contribution is 2.24. The predicted molar refractivity (Wildman–Crippen MR) is 66.7 cm³/mol. The first-order valence-corrected chi connectivity index (χ1v) is 6.77. The number of ether oxygens (including phenoxy) is 1. The van der Waals surface area contributed by atoms with E-state index in [9.17, 15) is 0 Å². The summed E-state index contributed by atoms with van der Waals surface area (Å²) in [6.07, 6.45) is 5.55. The van der Waals surface area contributed by atoms with Crippen LogP contribution in [0.15, 0.2) is 23.4 Å². The van der Waals surface area contributed by atoms with Gasteiger partial charge in [0.2, 0.25) is 0 Å². The second-order valence-corrected chi connectivity index (χ2v) is 4.96. The van der Waals surface area contributed by atoms with Gasteiger partial charge in [0.1, 0.15) is 0 Å². The first kappa shape index (κ1) is 11.9. The molecule has 1 atom stereocenters. The minimum absolute atomic E-state index is 0.415. The second-order valence-electron chi connectivity index (χ2n) is 3.95. The fourth-order valence-corrected chi connectivity index (χ4v) is 2.95. The summed E-state index contributed by atoms with van der Waals surface area (Å²) in [5.41, 5.74) is 6.84. The van der Waals surface area contributed by atoms with Crippen LogP contribution < -0.4 is 5.73 Å². The van der Waals surface area contributed by atoms with E-state index >= 15 is 0 Å². The molecule has 1 aliphatic heterocycles. The Kier molecular flexibility index (Phi) is 4.63. The third kappa shape index (κ3) is 3.20. The molecule has 0 saturated carbocycles. The molecule has 4 heteroatoms. The monoisotopic (exact) mass is 238 g/mol. The van der Waals surface area contributed by atoms with Gasteiger partial charge in [-0.05, 0) is 37.4 Å². The van der Waals surface area contributed by atoms with Gasteiger partial charge in [0, 0.05) is 18.6 Å². The van der Waals surface area contributed by atoms with E-state index in [0.717, 1.165) is 23.8 Å². The molecule has 1 unspecified atom stereocenters. The van der Waals surface area contributed by atoms with Crippen molar-refractivity contribution in [3.05, 3.63) is 23.9 Å². The number of hydrogen-bond acceptors (Lipinski definition) is 4. The average molecular weight is 238 g/mol. The van der Waals surface area contributed by atoms with E-state index in [0.29, 0.717) is 12.6 Å². The lowest BCUT2D eigenvalue weighted by molar-refractivity contribution is 0.129. The molecule has 0 spiro atoms. The number of pyridine rings is 1. The van der Waals surface area contributed by atoms with Gasteiger partial charge in [-0.2, -0.15) is 0 Å². The Balaban J connectivity index is 1.91. The Morgan fingerprint density at radius 2 is 2.50 bits per heavy atom. The van der Waals surface area contributed by atoms with Crippen molar-refractivity contribution in [2.75, 3.05) is 18.9 Å². The Morgan fingerprint density at radius 3 is 3.25 bits per heavy atom. The summed E-state index contributed by atoms with van der Waals surface area (Å²) < 4.78 is 5.60. The summed E-state index contributed by atoms with van der Waals surface area (Å²) in [6.45, 7) is 1.60. The summed E-state index contributed by atoms with van der Waals surface area (Å²) in [5, 5.41) is 1.11. The number of nitrogens with two attached hydrogens (primary N) is 1.